The van der Waals surface area contributed by atoms with Crippen molar-refractivity contribution in [3.05, 3.63) is 33.4 Å². The molecule has 18 heavy (non-hydrogen) atoms. The fourth-order valence-electron chi connectivity index (χ4n) is 2.01. The highest BCUT2D eigenvalue weighted by Crippen LogP contribution is 2.27. The van der Waals surface area contributed by atoms with E-state index in [1.807, 2.05) is 6.92 Å². The van der Waals surface area contributed by atoms with Gasteiger partial charge in [-0.05, 0) is 50.9 Å². The zero-order valence-corrected chi connectivity index (χ0v) is 10.7. The van der Waals surface area contributed by atoms with Crippen LogP contribution >= 0.6 is 0 Å². The summed E-state index contributed by atoms with van der Waals surface area (Å²) >= 11 is 0. The molecule has 0 radical (unpaired) electrons. The number of nitrogens with one attached hydrogen (secondary N) is 1. The molecule has 0 unspecified atom stereocenters. The van der Waals surface area contributed by atoms with Crippen molar-refractivity contribution in [2.24, 2.45) is 5.92 Å². The van der Waals surface area contributed by atoms with Crippen molar-refractivity contribution < 1.29 is 9.66 Å². The van der Waals surface area contributed by atoms with Crippen LogP contribution in [0.1, 0.15) is 17.5 Å². The molecule has 1 saturated heterocycles. The summed E-state index contributed by atoms with van der Waals surface area (Å²) in [7, 11) is 0. The minimum Gasteiger partial charge on any atom is -0.493 e. The highest BCUT2D eigenvalue weighted by molar-refractivity contribution is 5.49. The maximum atomic E-state index is 10.8. The Labute approximate surface area is 106 Å². The summed E-state index contributed by atoms with van der Waals surface area (Å²) in [4.78, 5) is 10.4. The van der Waals surface area contributed by atoms with E-state index in [4.69, 9.17) is 4.74 Å². The summed E-state index contributed by atoms with van der Waals surface area (Å²) in [6.07, 6.45) is 1.03. The van der Waals surface area contributed by atoms with Crippen molar-refractivity contribution >= 4 is 5.69 Å². The topological polar surface area (TPSA) is 64.4 Å². The van der Waals surface area contributed by atoms with Crippen LogP contribution in [0.5, 0.6) is 5.75 Å². The van der Waals surface area contributed by atoms with E-state index in [2.05, 4.69) is 5.32 Å². The summed E-state index contributed by atoms with van der Waals surface area (Å²) in [5.74, 6) is 1.47. The number of hydrogen-bond acceptors (Lipinski definition) is 4. The molecule has 1 heterocycles. The first-order valence-corrected chi connectivity index (χ1v) is 6.17. The average molecular weight is 250 g/mol. The highest BCUT2D eigenvalue weighted by atomic mass is 16.6. The van der Waals surface area contributed by atoms with E-state index in [0.717, 1.165) is 30.8 Å². The van der Waals surface area contributed by atoms with Crippen LogP contribution in [-0.4, -0.2) is 24.6 Å². The second-order valence-electron chi connectivity index (χ2n) is 4.82. The molecule has 1 aliphatic heterocycles. The molecule has 1 fully saturated rings. The SMILES string of the molecule is Cc1cc([N+](=O)[O-])c(C)cc1OCCC1CNC1. The lowest BCUT2D eigenvalue weighted by atomic mass is 10.0. The van der Waals surface area contributed by atoms with Crippen LogP contribution in [-0.2, 0) is 0 Å². The summed E-state index contributed by atoms with van der Waals surface area (Å²) in [5, 5.41) is 14.0. The van der Waals surface area contributed by atoms with Crippen LogP contribution in [0.3, 0.4) is 0 Å². The largest absolute Gasteiger partial charge is 0.493 e. The standard InChI is InChI=1S/C13H18N2O3/c1-9-6-13(10(2)5-12(9)15(16)17)18-4-3-11-7-14-8-11/h5-6,11,14H,3-4,7-8H2,1-2H3. The van der Waals surface area contributed by atoms with E-state index in [0.29, 0.717) is 18.1 Å². The normalized spacial score (nSPS) is 15.2. The van der Waals surface area contributed by atoms with Crippen molar-refractivity contribution in [2.45, 2.75) is 20.3 Å². The second-order valence-corrected chi connectivity index (χ2v) is 4.82. The van der Waals surface area contributed by atoms with Crippen molar-refractivity contribution in [1.82, 2.24) is 5.32 Å². The zero-order valence-electron chi connectivity index (χ0n) is 10.7. The number of nitro groups is 1. The Morgan fingerprint density at radius 2 is 2.11 bits per heavy atom. The molecule has 0 saturated carbocycles. The highest BCUT2D eigenvalue weighted by Gasteiger charge is 2.17. The van der Waals surface area contributed by atoms with Gasteiger partial charge in [0, 0.05) is 11.6 Å². The number of ether oxygens (including phenoxy) is 1. The first kappa shape index (κ1) is 12.8. The lowest BCUT2D eigenvalue weighted by Gasteiger charge is -2.26. The van der Waals surface area contributed by atoms with Gasteiger partial charge in [-0.3, -0.25) is 10.1 Å². The third-order valence-corrected chi connectivity index (χ3v) is 3.34. The van der Waals surface area contributed by atoms with Crippen molar-refractivity contribution in [3.8, 4) is 5.75 Å². The van der Waals surface area contributed by atoms with E-state index >= 15 is 0 Å². The molecule has 98 valence electrons. The van der Waals surface area contributed by atoms with Crippen molar-refractivity contribution in [1.29, 1.82) is 0 Å². The summed E-state index contributed by atoms with van der Waals surface area (Å²) < 4.78 is 5.71. The maximum absolute atomic E-state index is 10.8. The number of aryl methyl sites for hydroxylation is 2. The molecule has 0 amide bonds. The monoisotopic (exact) mass is 250 g/mol. The van der Waals surface area contributed by atoms with Gasteiger partial charge >= 0.3 is 0 Å². The van der Waals surface area contributed by atoms with Crippen LogP contribution in [0.4, 0.5) is 5.69 Å². The fourth-order valence-corrected chi connectivity index (χ4v) is 2.01. The Bertz CT molecular complexity index is 456. The average Bonchev–Trinajstić information content (AvgIpc) is 2.25. The van der Waals surface area contributed by atoms with Gasteiger partial charge in [-0.25, -0.2) is 0 Å². The molecule has 0 bridgehead atoms. The predicted molar refractivity (Wildman–Crippen MR) is 69.0 cm³/mol. The van der Waals surface area contributed by atoms with Crippen LogP contribution in [0, 0.1) is 29.9 Å². The third-order valence-electron chi connectivity index (χ3n) is 3.34. The zero-order chi connectivity index (χ0) is 13.1. The van der Waals surface area contributed by atoms with Gasteiger partial charge in [-0.2, -0.15) is 0 Å². The molecule has 1 aromatic rings. The minimum absolute atomic E-state index is 0.156. The Hall–Kier alpha value is -1.62. The van der Waals surface area contributed by atoms with Gasteiger partial charge in [0.15, 0.2) is 0 Å². The van der Waals surface area contributed by atoms with Crippen LogP contribution in [0.15, 0.2) is 12.1 Å². The second kappa shape index (κ2) is 5.35. The van der Waals surface area contributed by atoms with Gasteiger partial charge < -0.3 is 10.1 Å². The van der Waals surface area contributed by atoms with Crippen LogP contribution in [0.2, 0.25) is 0 Å². The maximum Gasteiger partial charge on any atom is 0.272 e. The van der Waals surface area contributed by atoms with E-state index in [1.165, 1.54) is 0 Å². The fraction of sp³-hybridized carbons (Fsp3) is 0.538. The lowest BCUT2D eigenvalue weighted by Crippen LogP contribution is -2.42. The van der Waals surface area contributed by atoms with Crippen molar-refractivity contribution in [2.75, 3.05) is 19.7 Å². The Balaban J connectivity index is 1.99. The number of rotatable bonds is 5. The molecule has 5 heteroatoms. The van der Waals surface area contributed by atoms with E-state index in [-0.39, 0.29) is 10.6 Å². The molecule has 0 aliphatic carbocycles. The third kappa shape index (κ3) is 2.79. The molecule has 1 aliphatic rings. The lowest BCUT2D eigenvalue weighted by molar-refractivity contribution is -0.385. The molecule has 0 atom stereocenters. The van der Waals surface area contributed by atoms with Gasteiger partial charge in [0.2, 0.25) is 0 Å². The quantitative estimate of drug-likeness (QED) is 0.642. The summed E-state index contributed by atoms with van der Waals surface area (Å²) in [6, 6.07) is 3.34. The van der Waals surface area contributed by atoms with Crippen LogP contribution in [0.25, 0.3) is 0 Å². The molecule has 1 aromatic carbocycles. The summed E-state index contributed by atoms with van der Waals surface area (Å²) in [5.41, 5.74) is 1.62. The first-order chi connectivity index (χ1) is 8.58. The first-order valence-electron chi connectivity index (χ1n) is 6.17. The van der Waals surface area contributed by atoms with Gasteiger partial charge in [-0.15, -0.1) is 0 Å². The Morgan fingerprint density at radius 3 is 2.67 bits per heavy atom. The van der Waals surface area contributed by atoms with Crippen molar-refractivity contribution in [3.63, 3.8) is 0 Å². The molecule has 2 rings (SSSR count). The van der Waals surface area contributed by atoms with E-state index in [1.54, 1.807) is 19.1 Å². The van der Waals surface area contributed by atoms with Gasteiger partial charge in [0.05, 0.1) is 11.5 Å². The Morgan fingerprint density at radius 1 is 1.39 bits per heavy atom. The molecule has 5 nitrogen and oxygen atoms in total. The van der Waals surface area contributed by atoms with E-state index < -0.39 is 0 Å². The number of nitrogens with zero attached hydrogens (tertiary/aromatic N) is 1. The van der Waals surface area contributed by atoms with Crippen LogP contribution < -0.4 is 10.1 Å². The van der Waals surface area contributed by atoms with Gasteiger partial charge in [0.25, 0.3) is 5.69 Å². The number of benzene rings is 1. The van der Waals surface area contributed by atoms with E-state index in [9.17, 15) is 10.1 Å². The predicted octanol–water partition coefficient (Wildman–Crippen LogP) is 2.20. The van der Waals surface area contributed by atoms with Gasteiger partial charge in [-0.1, -0.05) is 0 Å². The molecular weight excluding hydrogens is 232 g/mol. The van der Waals surface area contributed by atoms with Gasteiger partial charge in [0.1, 0.15) is 5.75 Å². The molecule has 1 N–H and O–H groups in total. The number of nitro benzene ring substituents is 1. The molecular formula is C13H18N2O3. The summed E-state index contributed by atoms with van der Waals surface area (Å²) in [6.45, 7) is 6.39. The molecule has 0 aromatic heterocycles. The Kier molecular flexibility index (Phi) is 3.81. The minimum atomic E-state index is -0.355. The number of hydrogen-bond donors (Lipinski definition) is 1. The smallest absolute Gasteiger partial charge is 0.272 e. The molecule has 0 spiro atoms.